The number of carbonyl (C=O) groups excluding carboxylic acids is 2. The van der Waals surface area contributed by atoms with E-state index in [9.17, 15) is 18.4 Å². The maximum absolute atomic E-state index is 14.5. The van der Waals surface area contributed by atoms with E-state index < -0.39 is 11.6 Å². The van der Waals surface area contributed by atoms with E-state index >= 15 is 0 Å². The standard InChI is InChI=1S/C23H25F2N3O2/c1-2-15(19-6-5-16-10-17(24)12-20(25)23(16)19)11-21(29)27-8-9-28(22(30)14-27)18-4-3-7-26-13-18/h3-4,7,10,12-13,15,19H,2,5-6,8-9,11,14H2,1H3. The Morgan fingerprint density at radius 1 is 1.30 bits per heavy atom. The van der Waals surface area contributed by atoms with E-state index in [4.69, 9.17) is 0 Å². The highest BCUT2D eigenvalue weighted by Crippen LogP contribution is 2.43. The van der Waals surface area contributed by atoms with Crippen molar-refractivity contribution >= 4 is 17.5 Å². The normalized spacial score (nSPS) is 19.7. The maximum Gasteiger partial charge on any atom is 0.246 e. The second kappa shape index (κ2) is 8.50. The van der Waals surface area contributed by atoms with Crippen molar-refractivity contribution in [1.29, 1.82) is 0 Å². The van der Waals surface area contributed by atoms with Crippen LogP contribution in [0.1, 0.15) is 43.2 Å². The van der Waals surface area contributed by atoms with Gasteiger partial charge in [-0.2, -0.15) is 0 Å². The summed E-state index contributed by atoms with van der Waals surface area (Å²) in [7, 11) is 0. The largest absolute Gasteiger partial charge is 0.332 e. The average molecular weight is 413 g/mol. The van der Waals surface area contributed by atoms with E-state index in [-0.39, 0.29) is 36.6 Å². The van der Waals surface area contributed by atoms with E-state index in [1.807, 2.05) is 13.0 Å². The Balaban J connectivity index is 1.42. The molecule has 1 aromatic carbocycles. The van der Waals surface area contributed by atoms with Crippen LogP contribution in [0.2, 0.25) is 0 Å². The van der Waals surface area contributed by atoms with Crippen molar-refractivity contribution in [2.24, 2.45) is 5.92 Å². The molecule has 1 fully saturated rings. The highest BCUT2D eigenvalue weighted by molar-refractivity contribution is 5.97. The van der Waals surface area contributed by atoms with Gasteiger partial charge in [0.1, 0.15) is 18.2 Å². The lowest BCUT2D eigenvalue weighted by molar-refractivity contribution is -0.137. The molecule has 1 aromatic heterocycles. The van der Waals surface area contributed by atoms with Gasteiger partial charge in [0.25, 0.3) is 0 Å². The fourth-order valence-electron chi connectivity index (χ4n) is 4.78. The van der Waals surface area contributed by atoms with E-state index in [2.05, 4.69) is 4.98 Å². The van der Waals surface area contributed by atoms with Crippen molar-refractivity contribution in [3.63, 3.8) is 0 Å². The number of halogens is 2. The van der Waals surface area contributed by atoms with E-state index in [0.29, 0.717) is 30.6 Å². The van der Waals surface area contributed by atoms with Crippen molar-refractivity contribution in [3.05, 3.63) is 59.4 Å². The molecule has 0 spiro atoms. The summed E-state index contributed by atoms with van der Waals surface area (Å²) in [6.45, 7) is 2.90. The minimum Gasteiger partial charge on any atom is -0.332 e. The minimum atomic E-state index is -0.555. The Hall–Kier alpha value is -2.83. The fourth-order valence-corrected chi connectivity index (χ4v) is 4.78. The molecule has 1 aliphatic carbocycles. The number of anilines is 1. The smallest absolute Gasteiger partial charge is 0.246 e. The molecule has 1 aliphatic heterocycles. The van der Waals surface area contributed by atoms with Gasteiger partial charge in [-0.15, -0.1) is 0 Å². The SMILES string of the molecule is CCC(CC(=O)N1CCN(c2cccnc2)C(=O)C1)C1CCc2cc(F)cc(F)c21. The van der Waals surface area contributed by atoms with E-state index in [0.717, 1.165) is 24.6 Å². The highest BCUT2D eigenvalue weighted by Gasteiger charge is 2.35. The quantitative estimate of drug-likeness (QED) is 0.751. The number of nitrogens with zero attached hydrogens (tertiary/aromatic N) is 3. The van der Waals surface area contributed by atoms with Gasteiger partial charge in [0, 0.05) is 31.8 Å². The molecule has 2 heterocycles. The number of rotatable bonds is 5. The van der Waals surface area contributed by atoms with Crippen LogP contribution in [-0.4, -0.2) is 41.3 Å². The summed E-state index contributed by atoms with van der Waals surface area (Å²) in [4.78, 5) is 32.8. The molecule has 2 aliphatic rings. The first-order valence-corrected chi connectivity index (χ1v) is 10.4. The molecule has 0 radical (unpaired) electrons. The molecule has 2 aromatic rings. The van der Waals surface area contributed by atoms with Gasteiger partial charge in [0.05, 0.1) is 11.9 Å². The average Bonchev–Trinajstić information content (AvgIpc) is 3.16. The molecular weight excluding hydrogens is 388 g/mol. The summed E-state index contributed by atoms with van der Waals surface area (Å²) in [5.41, 5.74) is 2.00. The zero-order valence-electron chi connectivity index (χ0n) is 17.0. The van der Waals surface area contributed by atoms with Crippen LogP contribution in [0.25, 0.3) is 0 Å². The van der Waals surface area contributed by atoms with Crippen molar-refractivity contribution in [3.8, 4) is 0 Å². The topological polar surface area (TPSA) is 53.5 Å². The molecule has 7 heteroatoms. The molecule has 2 atom stereocenters. The van der Waals surface area contributed by atoms with Gasteiger partial charge in [-0.1, -0.05) is 13.3 Å². The van der Waals surface area contributed by atoms with Gasteiger partial charge in [0.15, 0.2) is 0 Å². The van der Waals surface area contributed by atoms with Gasteiger partial charge in [-0.3, -0.25) is 14.6 Å². The third-order valence-electron chi connectivity index (χ3n) is 6.34. The van der Waals surface area contributed by atoms with E-state index in [1.54, 1.807) is 28.3 Å². The predicted octanol–water partition coefficient (Wildman–Crippen LogP) is 3.68. The van der Waals surface area contributed by atoms with Crippen LogP contribution >= 0.6 is 0 Å². The van der Waals surface area contributed by atoms with Crippen molar-refractivity contribution in [2.45, 2.75) is 38.5 Å². The van der Waals surface area contributed by atoms with Crippen LogP contribution in [0.5, 0.6) is 0 Å². The molecule has 2 amide bonds. The van der Waals surface area contributed by atoms with Gasteiger partial charge in [0.2, 0.25) is 11.8 Å². The Kier molecular flexibility index (Phi) is 5.79. The Bertz CT molecular complexity index is 951. The van der Waals surface area contributed by atoms with Crippen LogP contribution in [0.4, 0.5) is 14.5 Å². The zero-order valence-corrected chi connectivity index (χ0v) is 17.0. The van der Waals surface area contributed by atoms with Crippen LogP contribution in [0.3, 0.4) is 0 Å². The number of amides is 2. The molecule has 5 nitrogen and oxygen atoms in total. The number of carbonyl (C=O) groups is 2. The lowest BCUT2D eigenvalue weighted by atomic mass is 9.82. The first-order valence-electron chi connectivity index (χ1n) is 10.4. The number of benzene rings is 1. The first kappa shape index (κ1) is 20.4. The highest BCUT2D eigenvalue weighted by atomic mass is 19.1. The molecule has 158 valence electrons. The number of hydrogen-bond acceptors (Lipinski definition) is 3. The summed E-state index contributed by atoms with van der Waals surface area (Å²) in [5, 5.41) is 0. The summed E-state index contributed by atoms with van der Waals surface area (Å²) < 4.78 is 28.0. The van der Waals surface area contributed by atoms with Crippen LogP contribution in [0, 0.1) is 17.6 Å². The maximum atomic E-state index is 14.5. The fraction of sp³-hybridized carbons (Fsp3) is 0.435. The van der Waals surface area contributed by atoms with Crippen LogP contribution < -0.4 is 4.90 Å². The lowest BCUT2D eigenvalue weighted by Crippen LogP contribution is -2.52. The van der Waals surface area contributed by atoms with Crippen LogP contribution in [0.15, 0.2) is 36.7 Å². The molecule has 30 heavy (non-hydrogen) atoms. The summed E-state index contributed by atoms with van der Waals surface area (Å²) in [6.07, 6.45) is 5.61. The third kappa shape index (κ3) is 3.93. The number of aromatic nitrogens is 1. The van der Waals surface area contributed by atoms with Crippen molar-refractivity contribution < 1.29 is 18.4 Å². The van der Waals surface area contributed by atoms with Gasteiger partial charge >= 0.3 is 0 Å². The Morgan fingerprint density at radius 3 is 2.83 bits per heavy atom. The Labute approximate surface area is 174 Å². The summed E-state index contributed by atoms with van der Waals surface area (Å²) in [5.74, 6) is -1.42. The number of hydrogen-bond donors (Lipinski definition) is 0. The molecule has 0 N–H and O–H groups in total. The first-order chi connectivity index (χ1) is 14.5. The molecule has 4 rings (SSSR count). The third-order valence-corrected chi connectivity index (χ3v) is 6.34. The number of fused-ring (bicyclic) bond motifs is 1. The molecule has 1 saturated heterocycles. The van der Waals surface area contributed by atoms with Crippen molar-refractivity contribution in [1.82, 2.24) is 9.88 Å². The number of piperazine rings is 1. The van der Waals surface area contributed by atoms with Crippen molar-refractivity contribution in [2.75, 3.05) is 24.5 Å². The lowest BCUT2D eigenvalue weighted by Gasteiger charge is -2.35. The summed E-state index contributed by atoms with van der Waals surface area (Å²) in [6, 6.07) is 5.94. The Morgan fingerprint density at radius 2 is 2.13 bits per heavy atom. The minimum absolute atomic E-state index is 0.0327. The second-order valence-corrected chi connectivity index (χ2v) is 8.05. The predicted molar refractivity (Wildman–Crippen MR) is 109 cm³/mol. The van der Waals surface area contributed by atoms with Gasteiger partial charge in [-0.05, 0) is 54.0 Å². The van der Waals surface area contributed by atoms with Gasteiger partial charge in [-0.25, -0.2) is 8.78 Å². The van der Waals surface area contributed by atoms with Gasteiger partial charge < -0.3 is 9.80 Å². The zero-order chi connectivity index (χ0) is 21.3. The number of aryl methyl sites for hydroxylation is 1. The van der Waals surface area contributed by atoms with E-state index in [1.165, 1.54) is 6.07 Å². The molecule has 2 unspecified atom stereocenters. The molecule has 0 saturated carbocycles. The number of pyridine rings is 1. The second-order valence-electron chi connectivity index (χ2n) is 8.05. The van der Waals surface area contributed by atoms with Crippen LogP contribution in [-0.2, 0) is 16.0 Å². The summed E-state index contributed by atoms with van der Waals surface area (Å²) >= 11 is 0. The molecular formula is C23H25F2N3O2. The molecule has 0 bridgehead atoms. The monoisotopic (exact) mass is 413 g/mol.